The standard InChI is InChI=1S/C77H142O17P2/c1-5-9-13-17-21-25-29-33-35-39-41-45-49-53-57-61-74(79)87-67-72(93-76(81)63-59-55-51-47-43-37-31-27-23-19-15-11-7-3)69-91-95(83,84)89-65-71(78)66-90-96(85,86)92-70-73(94-77(82)64-60-56-52-48-44-38-32-28-24-20-16-12-8-4)68-88-75(80)62-58-54-50-46-42-40-36-34-30-26-22-18-14-10-6-2/h21,25,27,31,33-36,71-73,78H,5-20,22-24,26,28-30,32,37-70H2,1-4H3,(H,83,84)(H,85,86)/b25-21-,31-27-,35-33-,36-34-/t71-,72+,73+/m0/s1. The third-order valence-corrected chi connectivity index (χ3v) is 18.7. The molecule has 0 heterocycles. The van der Waals surface area contributed by atoms with E-state index in [2.05, 4.69) is 76.3 Å². The van der Waals surface area contributed by atoms with E-state index >= 15 is 0 Å². The number of hydrogen-bond donors (Lipinski definition) is 3. The first kappa shape index (κ1) is 93.0. The minimum Gasteiger partial charge on any atom is -0.462 e. The lowest BCUT2D eigenvalue weighted by Crippen LogP contribution is -2.30. The molecule has 0 aliphatic carbocycles. The van der Waals surface area contributed by atoms with Crippen LogP contribution < -0.4 is 0 Å². The lowest BCUT2D eigenvalue weighted by atomic mass is 10.0. The Morgan fingerprint density at radius 2 is 0.510 bits per heavy atom. The van der Waals surface area contributed by atoms with Gasteiger partial charge in [-0.05, 0) is 109 Å². The van der Waals surface area contributed by atoms with Gasteiger partial charge in [0.2, 0.25) is 0 Å². The molecule has 19 heteroatoms. The second-order valence-corrected chi connectivity index (χ2v) is 29.2. The highest BCUT2D eigenvalue weighted by Gasteiger charge is 2.30. The Bertz CT molecular complexity index is 2010. The van der Waals surface area contributed by atoms with Gasteiger partial charge in [-0.25, -0.2) is 9.13 Å². The van der Waals surface area contributed by atoms with Crippen LogP contribution in [0.3, 0.4) is 0 Å². The summed E-state index contributed by atoms with van der Waals surface area (Å²) in [7, 11) is -9.93. The largest absolute Gasteiger partial charge is 0.472 e. The van der Waals surface area contributed by atoms with Gasteiger partial charge in [0.05, 0.1) is 26.4 Å². The van der Waals surface area contributed by atoms with Crippen molar-refractivity contribution < 1.29 is 80.2 Å². The number of aliphatic hydroxyl groups is 1. The number of ether oxygens (including phenoxy) is 4. The van der Waals surface area contributed by atoms with Gasteiger partial charge >= 0.3 is 39.5 Å². The van der Waals surface area contributed by atoms with Crippen LogP contribution in [0, 0.1) is 0 Å². The van der Waals surface area contributed by atoms with Gasteiger partial charge in [-0.1, -0.05) is 275 Å². The predicted molar refractivity (Wildman–Crippen MR) is 390 cm³/mol. The van der Waals surface area contributed by atoms with Crippen molar-refractivity contribution in [2.24, 2.45) is 0 Å². The number of aliphatic hydroxyl groups excluding tert-OH is 1. The third-order valence-electron chi connectivity index (χ3n) is 16.8. The van der Waals surface area contributed by atoms with E-state index in [4.69, 9.17) is 37.0 Å². The number of phosphoric ester groups is 2. The predicted octanol–water partition coefficient (Wildman–Crippen LogP) is 22.1. The summed E-state index contributed by atoms with van der Waals surface area (Å²) in [6.07, 6.45) is 66.6. The fourth-order valence-corrected chi connectivity index (χ4v) is 12.3. The van der Waals surface area contributed by atoms with Gasteiger partial charge in [0.15, 0.2) is 12.2 Å². The monoisotopic (exact) mass is 1400 g/mol. The topological polar surface area (TPSA) is 237 Å². The van der Waals surface area contributed by atoms with E-state index in [1.807, 2.05) is 0 Å². The van der Waals surface area contributed by atoms with Gasteiger partial charge in [0, 0.05) is 25.7 Å². The van der Waals surface area contributed by atoms with E-state index in [-0.39, 0.29) is 25.7 Å². The Labute approximate surface area is 585 Å². The lowest BCUT2D eigenvalue weighted by Gasteiger charge is -2.21. The Hall–Kier alpha value is -2.98. The lowest BCUT2D eigenvalue weighted by molar-refractivity contribution is -0.161. The highest BCUT2D eigenvalue weighted by molar-refractivity contribution is 7.47. The highest BCUT2D eigenvalue weighted by atomic mass is 31.2. The van der Waals surface area contributed by atoms with Crippen molar-refractivity contribution in [3.05, 3.63) is 48.6 Å². The Morgan fingerprint density at radius 1 is 0.292 bits per heavy atom. The van der Waals surface area contributed by atoms with Crippen LogP contribution in [-0.2, 0) is 65.4 Å². The van der Waals surface area contributed by atoms with E-state index in [0.717, 1.165) is 148 Å². The number of hydrogen-bond acceptors (Lipinski definition) is 15. The van der Waals surface area contributed by atoms with Gasteiger partial charge in [-0.2, -0.15) is 0 Å². The summed E-state index contributed by atoms with van der Waals surface area (Å²) in [5.41, 5.74) is 0. The van der Waals surface area contributed by atoms with Crippen LogP contribution in [0.25, 0.3) is 0 Å². The number of phosphoric acid groups is 2. The van der Waals surface area contributed by atoms with E-state index in [0.29, 0.717) is 25.7 Å². The molecular formula is C77H142O17P2. The fourth-order valence-electron chi connectivity index (χ4n) is 10.8. The minimum atomic E-state index is -4.97. The molecule has 0 aliphatic rings. The summed E-state index contributed by atoms with van der Waals surface area (Å²) in [6, 6.07) is 0. The Morgan fingerprint density at radius 3 is 0.812 bits per heavy atom. The average Bonchev–Trinajstić information content (AvgIpc) is 1.14. The second kappa shape index (κ2) is 70.5. The molecule has 0 aromatic heterocycles. The van der Waals surface area contributed by atoms with Crippen molar-refractivity contribution >= 4 is 39.5 Å². The fraction of sp³-hybridized carbons (Fsp3) is 0.844. The zero-order chi connectivity index (χ0) is 70.4. The molecule has 0 amide bonds. The van der Waals surface area contributed by atoms with E-state index in [1.54, 1.807) is 0 Å². The first-order valence-electron chi connectivity index (χ1n) is 38.9. The summed E-state index contributed by atoms with van der Waals surface area (Å²) >= 11 is 0. The molecule has 0 bridgehead atoms. The second-order valence-electron chi connectivity index (χ2n) is 26.3. The smallest absolute Gasteiger partial charge is 0.462 e. The quantitative estimate of drug-likeness (QED) is 0.0169. The van der Waals surface area contributed by atoms with Crippen LogP contribution in [0.4, 0.5) is 0 Å². The van der Waals surface area contributed by atoms with E-state index < -0.39 is 97.5 Å². The molecule has 5 atom stereocenters. The summed E-state index contributed by atoms with van der Waals surface area (Å²) in [5, 5.41) is 10.6. The Balaban J connectivity index is 5.32. The summed E-state index contributed by atoms with van der Waals surface area (Å²) < 4.78 is 68.5. The first-order valence-corrected chi connectivity index (χ1v) is 41.9. The maximum Gasteiger partial charge on any atom is 0.472 e. The summed E-state index contributed by atoms with van der Waals surface area (Å²) in [4.78, 5) is 72.8. The molecule has 0 aliphatic heterocycles. The van der Waals surface area contributed by atoms with Crippen molar-refractivity contribution in [1.82, 2.24) is 0 Å². The molecule has 0 spiro atoms. The Kier molecular flexibility index (Phi) is 68.3. The van der Waals surface area contributed by atoms with Crippen LogP contribution in [0.5, 0.6) is 0 Å². The number of unbranched alkanes of at least 4 members (excludes halogenated alkanes) is 40. The number of carbonyl (C=O) groups is 4. The molecule has 3 N–H and O–H groups in total. The molecule has 0 saturated heterocycles. The molecular weight excluding hydrogens is 1260 g/mol. The SMILES string of the molecule is CCCCC/C=C\C/C=C\CCCCCCCC(=O)OC[C@H](COP(=O)(O)OC[C@H](O)COP(=O)(O)OC[C@@H](COC(=O)CCCCCCC/C=C\CCCCCCCC)OC(=O)CCCCCCCCCCCCCCC)OC(=O)CCCCCCC/C=C\CCCCCC. The zero-order valence-electron chi connectivity index (χ0n) is 61.3. The summed E-state index contributed by atoms with van der Waals surface area (Å²) in [5.74, 6) is -2.17. The molecule has 0 fully saturated rings. The van der Waals surface area contributed by atoms with Gasteiger partial charge in [-0.3, -0.25) is 37.3 Å². The van der Waals surface area contributed by atoms with Crippen molar-refractivity contribution in [1.29, 1.82) is 0 Å². The molecule has 0 aromatic rings. The van der Waals surface area contributed by atoms with Crippen LogP contribution in [0.2, 0.25) is 0 Å². The molecule has 0 radical (unpaired) electrons. The van der Waals surface area contributed by atoms with E-state index in [9.17, 15) is 43.2 Å². The highest BCUT2D eigenvalue weighted by Crippen LogP contribution is 2.45. The number of esters is 4. The molecule has 2 unspecified atom stereocenters. The number of rotatable bonds is 74. The van der Waals surface area contributed by atoms with Crippen LogP contribution in [0.15, 0.2) is 48.6 Å². The van der Waals surface area contributed by atoms with Crippen molar-refractivity contribution in [3.8, 4) is 0 Å². The summed E-state index contributed by atoms with van der Waals surface area (Å²) in [6.45, 7) is 4.86. The van der Waals surface area contributed by atoms with Crippen molar-refractivity contribution in [2.45, 2.75) is 380 Å². The zero-order valence-corrected chi connectivity index (χ0v) is 63.1. The van der Waals surface area contributed by atoms with Gasteiger partial charge in [0.25, 0.3) is 0 Å². The van der Waals surface area contributed by atoms with Gasteiger partial charge in [0.1, 0.15) is 19.3 Å². The van der Waals surface area contributed by atoms with Gasteiger partial charge in [-0.15, -0.1) is 0 Å². The maximum absolute atomic E-state index is 13.1. The molecule has 0 aromatic carbocycles. The third kappa shape index (κ3) is 69.5. The average molecular weight is 1400 g/mol. The van der Waals surface area contributed by atoms with Crippen LogP contribution in [0.1, 0.15) is 362 Å². The normalized spacial score (nSPS) is 14.2. The number of allylic oxidation sites excluding steroid dienone is 8. The first-order chi connectivity index (χ1) is 46.7. The van der Waals surface area contributed by atoms with Crippen LogP contribution >= 0.6 is 15.6 Å². The van der Waals surface area contributed by atoms with E-state index in [1.165, 1.54) is 135 Å². The molecule has 96 heavy (non-hydrogen) atoms. The molecule has 562 valence electrons. The molecule has 17 nitrogen and oxygen atoms in total. The number of carbonyl (C=O) groups excluding carboxylic acids is 4. The van der Waals surface area contributed by atoms with Crippen molar-refractivity contribution in [2.75, 3.05) is 39.6 Å². The van der Waals surface area contributed by atoms with Crippen LogP contribution in [-0.4, -0.2) is 96.7 Å². The molecule has 0 rings (SSSR count). The maximum atomic E-state index is 13.1. The van der Waals surface area contributed by atoms with Gasteiger partial charge < -0.3 is 33.8 Å². The molecule has 0 saturated carbocycles. The van der Waals surface area contributed by atoms with Crippen molar-refractivity contribution in [3.63, 3.8) is 0 Å². The minimum absolute atomic E-state index is 0.0864.